The van der Waals surface area contributed by atoms with E-state index in [4.69, 9.17) is 31.4 Å². The molecule has 2 heterocycles. The molecule has 1 aromatic heterocycles. The number of anilines is 1. The molecular formula is C29H31N5O9. The predicted octanol–water partition coefficient (Wildman–Crippen LogP) is -0.636. The number of hydrogen-bond acceptors (Lipinski definition) is 12. The molecule has 0 bridgehead atoms. The highest BCUT2D eigenvalue weighted by molar-refractivity contribution is 6.29. The number of aromatic nitrogens is 1. The van der Waals surface area contributed by atoms with Crippen LogP contribution in [0.2, 0.25) is 0 Å². The first-order chi connectivity index (χ1) is 20.6. The normalized spacial score (nSPS) is 22.9. The number of benzene rings is 2. The molecule has 0 saturated carbocycles. The van der Waals surface area contributed by atoms with Crippen LogP contribution in [0.25, 0.3) is 0 Å². The van der Waals surface area contributed by atoms with E-state index in [0.29, 0.717) is 12.2 Å². The number of aromatic hydroxyl groups is 1. The standard InChI is InChI=1S/C29H31N5O9/c30-19-9-13(5-7-33-19)6-8-41-27-25(40)23(38)18(12-35)42-28(27)43-26-14(11-34-29(31)32)10-17-20(24(26)39)22(37)16-4-2-1-3-15(16)21(17)36/h1-5,7,9-10,18,23,25,27-28,35,38-40H,6,8,11-12H2,(H2,30,33)(H4,31,32,34)/t18-,23-,25+,27-,28+/m0/s1. The van der Waals surface area contributed by atoms with E-state index in [9.17, 15) is 30.0 Å². The molecule has 10 N–H and O–H groups in total. The van der Waals surface area contributed by atoms with Crippen LogP contribution in [0.3, 0.4) is 0 Å². The lowest BCUT2D eigenvalue weighted by atomic mass is 9.82. The Morgan fingerprint density at radius 3 is 2.42 bits per heavy atom. The summed E-state index contributed by atoms with van der Waals surface area (Å²) >= 11 is 0. The minimum atomic E-state index is -1.59. The zero-order valence-corrected chi connectivity index (χ0v) is 22.8. The van der Waals surface area contributed by atoms with Gasteiger partial charge in [0.2, 0.25) is 6.29 Å². The van der Waals surface area contributed by atoms with Gasteiger partial charge in [-0.15, -0.1) is 0 Å². The number of nitrogen functional groups attached to an aromatic ring is 1. The van der Waals surface area contributed by atoms with Crippen LogP contribution in [-0.2, 0) is 22.4 Å². The van der Waals surface area contributed by atoms with Gasteiger partial charge in [-0.2, -0.15) is 0 Å². The van der Waals surface area contributed by atoms with Crippen LogP contribution in [0.15, 0.2) is 53.7 Å². The molecular weight excluding hydrogens is 562 g/mol. The number of aliphatic hydroxyl groups is 3. The third-order valence-electron chi connectivity index (χ3n) is 7.26. The topological polar surface area (TPSA) is 246 Å². The van der Waals surface area contributed by atoms with E-state index in [0.717, 1.165) is 5.56 Å². The first kappa shape index (κ1) is 29.9. The van der Waals surface area contributed by atoms with Gasteiger partial charge in [-0.05, 0) is 30.2 Å². The number of rotatable bonds is 9. The molecule has 0 spiro atoms. The van der Waals surface area contributed by atoms with Crippen LogP contribution in [-0.4, -0.2) is 86.9 Å². The van der Waals surface area contributed by atoms with Crippen molar-refractivity contribution in [1.29, 1.82) is 0 Å². The van der Waals surface area contributed by atoms with Crippen LogP contribution >= 0.6 is 0 Å². The van der Waals surface area contributed by atoms with Gasteiger partial charge in [-0.25, -0.2) is 9.98 Å². The summed E-state index contributed by atoms with van der Waals surface area (Å²) in [6, 6.07) is 10.9. The molecule has 43 heavy (non-hydrogen) atoms. The Morgan fingerprint density at radius 1 is 1.02 bits per heavy atom. The Labute approximate surface area is 245 Å². The Bertz CT molecular complexity index is 1580. The zero-order chi connectivity index (χ0) is 30.8. The highest BCUT2D eigenvalue weighted by Gasteiger charge is 2.47. The first-order valence-electron chi connectivity index (χ1n) is 13.3. The minimum absolute atomic E-state index is 0.0196. The van der Waals surface area contributed by atoms with Gasteiger partial charge < -0.3 is 51.8 Å². The number of aliphatic hydroxyl groups excluding tert-OH is 3. The van der Waals surface area contributed by atoms with Crippen LogP contribution in [0.5, 0.6) is 11.5 Å². The van der Waals surface area contributed by atoms with Gasteiger partial charge >= 0.3 is 0 Å². The van der Waals surface area contributed by atoms with E-state index in [2.05, 4.69) is 9.98 Å². The summed E-state index contributed by atoms with van der Waals surface area (Å²) in [6.07, 6.45) is -5.38. The predicted molar refractivity (Wildman–Crippen MR) is 151 cm³/mol. The zero-order valence-electron chi connectivity index (χ0n) is 22.8. The largest absolute Gasteiger partial charge is 0.504 e. The summed E-state index contributed by atoms with van der Waals surface area (Å²) in [4.78, 5) is 34.7. The minimum Gasteiger partial charge on any atom is -0.504 e. The van der Waals surface area contributed by atoms with Crippen molar-refractivity contribution in [1.82, 2.24) is 4.98 Å². The number of carbonyl (C=O) groups is 2. The number of phenolic OH excluding ortho intramolecular Hbond substituents is 1. The average Bonchev–Trinajstić information content (AvgIpc) is 2.99. The smallest absolute Gasteiger partial charge is 0.229 e. The van der Waals surface area contributed by atoms with E-state index >= 15 is 0 Å². The molecule has 2 aliphatic rings. The molecule has 1 aliphatic heterocycles. The molecule has 3 aromatic rings. The number of phenols is 1. The number of nitrogens with zero attached hydrogens (tertiary/aromatic N) is 2. The third-order valence-corrected chi connectivity index (χ3v) is 7.26. The number of hydrogen-bond donors (Lipinski definition) is 7. The van der Waals surface area contributed by atoms with E-state index in [1.807, 2.05) is 0 Å². The SMILES string of the molecule is NC(N)=NCc1cc2c(c(O)c1O[C@H]1O[C@@H](CO)[C@H](O)[C@@H](O)[C@@H]1OCCc1ccnc(N)c1)C(=O)c1ccccc1C2=O. The molecule has 0 unspecified atom stereocenters. The fraction of sp³-hybridized carbons (Fsp3) is 0.310. The Kier molecular flexibility index (Phi) is 8.57. The van der Waals surface area contributed by atoms with Gasteiger partial charge in [-0.3, -0.25) is 9.59 Å². The van der Waals surface area contributed by atoms with Gasteiger partial charge in [-0.1, -0.05) is 24.3 Å². The van der Waals surface area contributed by atoms with Crippen LogP contribution in [0.4, 0.5) is 5.82 Å². The summed E-state index contributed by atoms with van der Waals surface area (Å²) < 4.78 is 17.7. The van der Waals surface area contributed by atoms with Crippen LogP contribution in [0.1, 0.15) is 43.0 Å². The molecule has 14 heteroatoms. The highest BCUT2D eigenvalue weighted by atomic mass is 16.7. The number of carbonyl (C=O) groups excluding carboxylic acids is 2. The second-order valence-electron chi connectivity index (χ2n) is 10.1. The van der Waals surface area contributed by atoms with Crippen molar-refractivity contribution in [2.45, 2.75) is 43.7 Å². The van der Waals surface area contributed by atoms with Crippen LogP contribution in [0, 0.1) is 0 Å². The first-order valence-corrected chi connectivity index (χ1v) is 13.3. The summed E-state index contributed by atoms with van der Waals surface area (Å²) in [6.45, 7) is -0.925. The lowest BCUT2D eigenvalue weighted by Crippen LogP contribution is -2.61. The molecule has 5 atom stereocenters. The maximum atomic E-state index is 13.4. The van der Waals surface area contributed by atoms with E-state index in [-0.39, 0.29) is 52.7 Å². The number of fused-ring (bicyclic) bond motifs is 2. The number of ether oxygens (including phenoxy) is 3. The molecule has 226 valence electrons. The Morgan fingerprint density at radius 2 is 1.74 bits per heavy atom. The van der Waals surface area contributed by atoms with Gasteiger partial charge in [0.15, 0.2) is 29.0 Å². The van der Waals surface area contributed by atoms with E-state index < -0.39 is 54.6 Å². The van der Waals surface area contributed by atoms with Gasteiger partial charge in [0.05, 0.1) is 25.3 Å². The molecule has 1 aliphatic carbocycles. The van der Waals surface area contributed by atoms with Crippen LogP contribution < -0.4 is 21.9 Å². The van der Waals surface area contributed by atoms with Crippen molar-refractivity contribution in [3.8, 4) is 11.5 Å². The Balaban J connectivity index is 1.52. The number of ketones is 2. The maximum Gasteiger partial charge on any atom is 0.229 e. The lowest BCUT2D eigenvalue weighted by Gasteiger charge is -2.42. The molecule has 1 fully saturated rings. The van der Waals surface area contributed by atoms with Crippen molar-refractivity contribution < 1.29 is 44.2 Å². The van der Waals surface area contributed by atoms with E-state index in [1.165, 1.54) is 24.4 Å². The number of aliphatic imine (C=N–C) groups is 1. The van der Waals surface area contributed by atoms with Gasteiger partial charge in [0.1, 0.15) is 30.2 Å². The van der Waals surface area contributed by atoms with Crippen molar-refractivity contribution in [2.24, 2.45) is 16.5 Å². The number of guanidine groups is 1. The quantitative estimate of drug-likeness (QED) is 0.0944. The summed E-state index contributed by atoms with van der Waals surface area (Å²) in [5.41, 5.74) is 17.6. The van der Waals surface area contributed by atoms with Crippen molar-refractivity contribution in [2.75, 3.05) is 18.9 Å². The highest BCUT2D eigenvalue weighted by Crippen LogP contribution is 2.43. The molecule has 14 nitrogen and oxygen atoms in total. The second kappa shape index (κ2) is 12.3. The van der Waals surface area contributed by atoms with Crippen molar-refractivity contribution in [3.05, 3.63) is 82.0 Å². The van der Waals surface area contributed by atoms with Gasteiger partial charge in [0.25, 0.3) is 0 Å². The fourth-order valence-corrected chi connectivity index (χ4v) is 5.11. The molecule has 5 rings (SSSR count). The number of nitrogens with two attached hydrogens (primary N) is 3. The third kappa shape index (κ3) is 5.86. The lowest BCUT2D eigenvalue weighted by molar-refractivity contribution is -0.287. The fourth-order valence-electron chi connectivity index (χ4n) is 5.11. The monoisotopic (exact) mass is 593 g/mol. The molecule has 0 radical (unpaired) electrons. The second-order valence-corrected chi connectivity index (χ2v) is 10.1. The van der Waals surface area contributed by atoms with Crippen molar-refractivity contribution >= 4 is 23.3 Å². The Hall–Kier alpha value is -4.60. The number of pyridine rings is 1. The van der Waals surface area contributed by atoms with Crippen molar-refractivity contribution in [3.63, 3.8) is 0 Å². The summed E-state index contributed by atoms with van der Waals surface area (Å²) in [5.74, 6) is -2.08. The average molecular weight is 594 g/mol. The summed E-state index contributed by atoms with van der Waals surface area (Å²) in [5, 5.41) is 42.7. The van der Waals surface area contributed by atoms with E-state index in [1.54, 1.807) is 24.3 Å². The van der Waals surface area contributed by atoms with Gasteiger partial charge in [0, 0.05) is 28.5 Å². The molecule has 0 amide bonds. The summed E-state index contributed by atoms with van der Waals surface area (Å²) in [7, 11) is 0. The molecule has 1 saturated heterocycles. The maximum absolute atomic E-state index is 13.4. The molecule has 2 aromatic carbocycles.